The summed E-state index contributed by atoms with van der Waals surface area (Å²) in [6.45, 7) is 8.14. The minimum absolute atomic E-state index is 0.256. The highest BCUT2D eigenvalue weighted by atomic mass is 16.4. The number of nitrogens with one attached hydrogen (secondary N) is 1. The van der Waals surface area contributed by atoms with E-state index in [4.69, 9.17) is 4.42 Å². The first-order chi connectivity index (χ1) is 8.19. The summed E-state index contributed by atoms with van der Waals surface area (Å²) in [6.07, 6.45) is 0. The lowest BCUT2D eigenvalue weighted by atomic mass is 10.2. The Morgan fingerprint density at radius 3 is 2.41 bits per heavy atom. The predicted molar refractivity (Wildman–Crippen MR) is 71.4 cm³/mol. The van der Waals surface area contributed by atoms with Crippen molar-refractivity contribution < 1.29 is 4.42 Å². The molecule has 0 aliphatic rings. The van der Waals surface area contributed by atoms with Crippen molar-refractivity contribution in [3.63, 3.8) is 0 Å². The summed E-state index contributed by atoms with van der Waals surface area (Å²) >= 11 is 0. The highest BCUT2D eigenvalue weighted by Gasteiger charge is 1.98. The van der Waals surface area contributed by atoms with Gasteiger partial charge in [0.25, 0.3) is 0 Å². The minimum Gasteiger partial charge on any atom is -0.423 e. The SMILES string of the molecule is CCNCC.Cc1cc2ccccc2oc1=O. The molecule has 1 heterocycles. The Morgan fingerprint density at radius 2 is 1.82 bits per heavy atom. The van der Waals surface area contributed by atoms with E-state index in [1.165, 1.54) is 0 Å². The number of para-hydroxylation sites is 1. The van der Waals surface area contributed by atoms with E-state index in [9.17, 15) is 4.79 Å². The molecule has 0 bridgehead atoms. The third-order valence-corrected chi connectivity index (χ3v) is 2.32. The maximum absolute atomic E-state index is 11.1. The van der Waals surface area contributed by atoms with Gasteiger partial charge in [0.05, 0.1) is 0 Å². The van der Waals surface area contributed by atoms with Gasteiger partial charge in [-0.3, -0.25) is 0 Å². The monoisotopic (exact) mass is 233 g/mol. The van der Waals surface area contributed by atoms with E-state index >= 15 is 0 Å². The van der Waals surface area contributed by atoms with Gasteiger partial charge in [0.2, 0.25) is 0 Å². The summed E-state index contributed by atoms with van der Waals surface area (Å²) in [6, 6.07) is 9.31. The summed E-state index contributed by atoms with van der Waals surface area (Å²) in [5.41, 5.74) is 1.04. The molecule has 2 rings (SSSR count). The Balaban J connectivity index is 0.000000249. The average Bonchev–Trinajstić information content (AvgIpc) is 2.32. The molecule has 0 amide bonds. The molecule has 1 aromatic carbocycles. The maximum Gasteiger partial charge on any atom is 0.339 e. The van der Waals surface area contributed by atoms with Crippen LogP contribution in [0, 0.1) is 6.92 Å². The molecule has 0 spiro atoms. The Hall–Kier alpha value is -1.61. The van der Waals surface area contributed by atoms with Crippen molar-refractivity contribution in [1.82, 2.24) is 5.32 Å². The molecule has 17 heavy (non-hydrogen) atoms. The lowest BCUT2D eigenvalue weighted by Gasteiger charge is -1.95. The number of fused-ring (bicyclic) bond motifs is 1. The quantitative estimate of drug-likeness (QED) is 0.811. The Bertz CT molecular complexity index is 515. The molecule has 0 aliphatic carbocycles. The largest absolute Gasteiger partial charge is 0.423 e. The van der Waals surface area contributed by atoms with Gasteiger partial charge in [-0.2, -0.15) is 0 Å². The van der Waals surface area contributed by atoms with E-state index in [2.05, 4.69) is 19.2 Å². The molecule has 0 saturated heterocycles. The third-order valence-electron chi connectivity index (χ3n) is 2.32. The molecule has 3 heteroatoms. The van der Waals surface area contributed by atoms with Gasteiger partial charge in [0.1, 0.15) is 5.58 Å². The maximum atomic E-state index is 11.1. The molecule has 3 nitrogen and oxygen atoms in total. The molecular weight excluding hydrogens is 214 g/mol. The van der Waals surface area contributed by atoms with Crippen LogP contribution in [0.3, 0.4) is 0 Å². The molecule has 1 N–H and O–H groups in total. The summed E-state index contributed by atoms with van der Waals surface area (Å²) in [5, 5.41) is 4.08. The fourth-order valence-electron chi connectivity index (χ4n) is 1.42. The second-order valence-corrected chi connectivity index (χ2v) is 3.71. The molecule has 0 aliphatic heterocycles. The van der Waals surface area contributed by atoms with Crippen molar-refractivity contribution in [2.24, 2.45) is 0 Å². The number of benzene rings is 1. The van der Waals surface area contributed by atoms with Crippen LogP contribution in [0.25, 0.3) is 11.0 Å². The van der Waals surface area contributed by atoms with Crippen LogP contribution in [0.4, 0.5) is 0 Å². The molecule has 0 fully saturated rings. The van der Waals surface area contributed by atoms with Crippen LogP contribution < -0.4 is 10.9 Å². The lowest BCUT2D eigenvalue weighted by molar-refractivity contribution is 0.555. The smallest absolute Gasteiger partial charge is 0.339 e. The van der Waals surface area contributed by atoms with Crippen molar-refractivity contribution >= 4 is 11.0 Å². The van der Waals surface area contributed by atoms with Crippen LogP contribution in [0.15, 0.2) is 39.5 Å². The highest BCUT2D eigenvalue weighted by molar-refractivity contribution is 5.76. The molecule has 92 valence electrons. The van der Waals surface area contributed by atoms with Crippen molar-refractivity contribution in [3.8, 4) is 0 Å². The molecule has 0 atom stereocenters. The van der Waals surface area contributed by atoms with Gasteiger partial charge in [-0.15, -0.1) is 0 Å². The molecule has 0 saturated carbocycles. The highest BCUT2D eigenvalue weighted by Crippen LogP contribution is 2.11. The average molecular weight is 233 g/mol. The topological polar surface area (TPSA) is 42.2 Å². The van der Waals surface area contributed by atoms with Crippen LogP contribution in [0.2, 0.25) is 0 Å². The van der Waals surface area contributed by atoms with Gasteiger partial charge in [0.15, 0.2) is 0 Å². The number of aryl methyl sites for hydroxylation is 1. The molecule has 0 radical (unpaired) electrons. The van der Waals surface area contributed by atoms with E-state index in [1.54, 1.807) is 13.0 Å². The minimum atomic E-state index is -0.256. The Labute approximate surface area is 101 Å². The first-order valence-corrected chi connectivity index (χ1v) is 5.89. The standard InChI is InChI=1S/C10H8O2.C4H11N/c1-7-6-8-4-2-3-5-9(8)12-10(7)11;1-3-5-4-2/h2-6H,1H3;5H,3-4H2,1-2H3. The van der Waals surface area contributed by atoms with E-state index in [0.717, 1.165) is 18.5 Å². The zero-order chi connectivity index (χ0) is 12.7. The van der Waals surface area contributed by atoms with Crippen LogP contribution in [0.5, 0.6) is 0 Å². The van der Waals surface area contributed by atoms with Gasteiger partial charge < -0.3 is 9.73 Å². The van der Waals surface area contributed by atoms with Gasteiger partial charge in [-0.1, -0.05) is 32.0 Å². The summed E-state index contributed by atoms with van der Waals surface area (Å²) < 4.78 is 5.04. The first-order valence-electron chi connectivity index (χ1n) is 5.89. The van der Waals surface area contributed by atoms with Gasteiger partial charge in [-0.05, 0) is 32.1 Å². The van der Waals surface area contributed by atoms with Crippen LogP contribution in [-0.4, -0.2) is 13.1 Å². The van der Waals surface area contributed by atoms with E-state index < -0.39 is 0 Å². The van der Waals surface area contributed by atoms with Crippen molar-refractivity contribution in [2.45, 2.75) is 20.8 Å². The lowest BCUT2D eigenvalue weighted by Crippen LogP contribution is -2.09. The predicted octanol–water partition coefficient (Wildman–Crippen LogP) is 2.72. The fourth-order valence-corrected chi connectivity index (χ4v) is 1.42. The van der Waals surface area contributed by atoms with Crippen LogP contribution in [-0.2, 0) is 0 Å². The zero-order valence-corrected chi connectivity index (χ0v) is 10.6. The van der Waals surface area contributed by atoms with Crippen LogP contribution in [0.1, 0.15) is 19.4 Å². The second kappa shape index (κ2) is 6.86. The van der Waals surface area contributed by atoms with Crippen LogP contribution >= 0.6 is 0 Å². The molecular formula is C14H19NO2. The normalized spacial score (nSPS) is 9.82. The summed E-state index contributed by atoms with van der Waals surface area (Å²) in [4.78, 5) is 11.1. The van der Waals surface area contributed by atoms with Crippen molar-refractivity contribution in [2.75, 3.05) is 13.1 Å². The zero-order valence-electron chi connectivity index (χ0n) is 10.6. The van der Waals surface area contributed by atoms with Gasteiger partial charge in [0, 0.05) is 10.9 Å². The number of hydrogen-bond donors (Lipinski definition) is 1. The van der Waals surface area contributed by atoms with Gasteiger partial charge >= 0.3 is 5.63 Å². The third kappa shape index (κ3) is 4.04. The number of rotatable bonds is 2. The molecule has 0 unspecified atom stereocenters. The van der Waals surface area contributed by atoms with Crippen molar-refractivity contribution in [1.29, 1.82) is 0 Å². The van der Waals surface area contributed by atoms with Crippen molar-refractivity contribution in [3.05, 3.63) is 46.3 Å². The van der Waals surface area contributed by atoms with E-state index in [0.29, 0.717) is 11.1 Å². The molecule has 2 aromatic rings. The van der Waals surface area contributed by atoms with E-state index in [-0.39, 0.29) is 5.63 Å². The number of hydrogen-bond acceptors (Lipinski definition) is 3. The summed E-state index contributed by atoms with van der Waals surface area (Å²) in [5.74, 6) is 0. The summed E-state index contributed by atoms with van der Waals surface area (Å²) in [7, 11) is 0. The van der Waals surface area contributed by atoms with E-state index in [1.807, 2.05) is 24.3 Å². The second-order valence-electron chi connectivity index (χ2n) is 3.71. The Kier molecular flexibility index (Phi) is 5.43. The first kappa shape index (κ1) is 13.5. The fraction of sp³-hybridized carbons (Fsp3) is 0.357. The Morgan fingerprint density at radius 1 is 1.18 bits per heavy atom. The van der Waals surface area contributed by atoms with Gasteiger partial charge in [-0.25, -0.2) is 4.79 Å². The molecule has 1 aromatic heterocycles.